The first-order valence-electron chi connectivity index (χ1n) is 6.91. The van der Waals surface area contributed by atoms with E-state index in [1.807, 2.05) is 0 Å². The number of hydrogen-bond acceptors (Lipinski definition) is 5. The van der Waals surface area contributed by atoms with Crippen molar-refractivity contribution in [1.29, 1.82) is 0 Å². The summed E-state index contributed by atoms with van der Waals surface area (Å²) in [6, 6.07) is 5.48. The second kappa shape index (κ2) is 7.16. The smallest absolute Gasteiger partial charge is 0.308 e. The molecule has 0 spiro atoms. The highest BCUT2D eigenvalue weighted by atomic mass is 35.5. The van der Waals surface area contributed by atoms with Crippen molar-refractivity contribution >= 4 is 40.3 Å². The summed E-state index contributed by atoms with van der Waals surface area (Å²) in [6.45, 7) is 0.619. The molecule has 12 heteroatoms. The molecule has 0 aliphatic carbocycles. The molecule has 9 nitrogen and oxygen atoms in total. The molecule has 2 aromatic rings. The first-order valence-corrected chi connectivity index (χ1v) is 10.3. The van der Waals surface area contributed by atoms with Crippen molar-refractivity contribution in [2.75, 3.05) is 27.2 Å². The highest BCUT2D eigenvalue weighted by Crippen LogP contribution is 2.39. The van der Waals surface area contributed by atoms with Crippen LogP contribution in [0.3, 0.4) is 0 Å². The SMILES string of the molecule is CN(C)CCNS(=O)(=O)c1cc2c[c]c(=O)n(P(=O)(O)O)c2cc1Cl. The quantitative estimate of drug-likeness (QED) is 0.584. The van der Waals surface area contributed by atoms with Crippen molar-refractivity contribution < 1.29 is 22.8 Å². The average molecular weight is 409 g/mol. The van der Waals surface area contributed by atoms with Crippen molar-refractivity contribution in [2.24, 2.45) is 0 Å². The second-order valence-electron chi connectivity index (χ2n) is 5.46. The third kappa shape index (κ3) is 4.48. The van der Waals surface area contributed by atoms with Crippen LogP contribution < -0.4 is 10.3 Å². The number of halogens is 1. The summed E-state index contributed by atoms with van der Waals surface area (Å²) in [7, 11) is -5.33. The van der Waals surface area contributed by atoms with Crippen molar-refractivity contribution in [3.05, 3.63) is 39.6 Å². The number of sulfonamides is 1. The molecule has 1 aromatic carbocycles. The molecule has 0 atom stereocenters. The summed E-state index contributed by atoms with van der Waals surface area (Å²) in [4.78, 5) is 31.9. The molecule has 0 aliphatic rings. The standard InChI is InChI=1S/C13H16ClN3O6PS/c1-16(2)6-5-15-25(22,23)12-7-9-3-4-13(18)17(24(19,20)21)11(9)8-10(12)14/h3,7-8,15H,5-6H2,1-2H3,(H2,19,20,21). The van der Waals surface area contributed by atoms with Crippen LogP contribution in [-0.2, 0) is 14.6 Å². The van der Waals surface area contributed by atoms with E-state index < -0.39 is 23.3 Å². The van der Waals surface area contributed by atoms with E-state index in [0.717, 1.165) is 18.2 Å². The summed E-state index contributed by atoms with van der Waals surface area (Å²) in [5.41, 5.74) is -1.23. The molecular formula is C13H16ClN3O6PS. The predicted molar refractivity (Wildman–Crippen MR) is 93.2 cm³/mol. The van der Waals surface area contributed by atoms with Gasteiger partial charge in [-0.1, -0.05) is 11.6 Å². The molecule has 137 valence electrons. The van der Waals surface area contributed by atoms with Gasteiger partial charge in [0.05, 0.1) is 16.6 Å². The van der Waals surface area contributed by atoms with Crippen molar-refractivity contribution in [1.82, 2.24) is 14.0 Å². The fourth-order valence-electron chi connectivity index (χ4n) is 2.11. The van der Waals surface area contributed by atoms with Gasteiger partial charge in [-0.25, -0.2) is 22.0 Å². The van der Waals surface area contributed by atoms with Crippen LogP contribution in [0.15, 0.2) is 27.9 Å². The van der Waals surface area contributed by atoms with E-state index in [-0.39, 0.29) is 31.7 Å². The number of hydrogen-bond donors (Lipinski definition) is 3. The molecule has 1 heterocycles. The Balaban J connectivity index is 2.59. The second-order valence-corrected chi connectivity index (χ2v) is 9.03. The third-order valence-corrected chi connectivity index (χ3v) is 6.10. The Kier molecular flexibility index (Phi) is 5.75. The average Bonchev–Trinajstić information content (AvgIpc) is 2.44. The number of pyridine rings is 1. The van der Waals surface area contributed by atoms with Crippen molar-refractivity contribution in [3.63, 3.8) is 0 Å². The lowest BCUT2D eigenvalue weighted by atomic mass is 10.2. The molecular weight excluding hydrogens is 393 g/mol. The van der Waals surface area contributed by atoms with Gasteiger partial charge >= 0.3 is 7.75 Å². The maximum Gasteiger partial charge on any atom is 0.437 e. The van der Waals surface area contributed by atoms with Gasteiger partial charge in [0.1, 0.15) is 4.90 Å². The number of rotatable bonds is 6. The van der Waals surface area contributed by atoms with Gasteiger partial charge in [0, 0.05) is 18.5 Å². The summed E-state index contributed by atoms with van der Waals surface area (Å²) >= 11 is 6.00. The number of aromatic nitrogens is 1. The van der Waals surface area contributed by atoms with Crippen LogP contribution in [0.2, 0.25) is 5.02 Å². The Morgan fingerprint density at radius 3 is 2.56 bits per heavy atom. The molecule has 0 unspecified atom stereocenters. The van der Waals surface area contributed by atoms with E-state index in [0.29, 0.717) is 6.54 Å². The molecule has 0 saturated heterocycles. The minimum Gasteiger partial charge on any atom is -0.308 e. The number of benzene rings is 1. The fourth-order valence-corrected chi connectivity index (χ4v) is 4.44. The van der Waals surface area contributed by atoms with Gasteiger partial charge < -0.3 is 14.7 Å². The first kappa shape index (κ1) is 20.1. The molecule has 0 saturated carbocycles. The summed E-state index contributed by atoms with van der Waals surface area (Å²) in [5, 5.41) is -0.169. The zero-order chi connectivity index (χ0) is 19.0. The summed E-state index contributed by atoms with van der Waals surface area (Å²) in [6.07, 6.45) is 0. The molecule has 3 N–H and O–H groups in total. The molecule has 1 radical (unpaired) electrons. The van der Waals surface area contributed by atoms with E-state index in [4.69, 9.17) is 11.6 Å². The van der Waals surface area contributed by atoms with Crippen LogP contribution in [0.5, 0.6) is 0 Å². The number of fused-ring (bicyclic) bond motifs is 1. The molecule has 0 bridgehead atoms. The van der Waals surface area contributed by atoms with E-state index in [2.05, 4.69) is 10.8 Å². The minimum atomic E-state index is -4.96. The van der Waals surface area contributed by atoms with Crippen LogP contribution in [0, 0.1) is 6.07 Å². The van der Waals surface area contributed by atoms with Gasteiger partial charge in [0.25, 0.3) is 5.56 Å². The number of nitrogens with one attached hydrogen (secondary N) is 1. The lowest BCUT2D eigenvalue weighted by Crippen LogP contribution is -2.31. The first-order chi connectivity index (χ1) is 11.4. The van der Waals surface area contributed by atoms with Crippen LogP contribution in [0.25, 0.3) is 10.9 Å². The lowest BCUT2D eigenvalue weighted by Gasteiger charge is -2.14. The Bertz CT molecular complexity index is 1010. The Hall–Kier alpha value is -1.26. The zero-order valence-electron chi connectivity index (χ0n) is 13.3. The van der Waals surface area contributed by atoms with Crippen LogP contribution in [0.4, 0.5) is 0 Å². The van der Waals surface area contributed by atoms with E-state index in [1.54, 1.807) is 19.0 Å². The molecule has 0 amide bonds. The predicted octanol–water partition coefficient (Wildman–Crippen LogP) is 0.236. The van der Waals surface area contributed by atoms with Crippen LogP contribution in [-0.4, -0.2) is 54.6 Å². The minimum absolute atomic E-state index is 0.0975. The van der Waals surface area contributed by atoms with Crippen LogP contribution in [0.1, 0.15) is 0 Å². The van der Waals surface area contributed by atoms with Gasteiger partial charge in [-0.15, -0.1) is 0 Å². The Labute approximate surface area is 149 Å². The van der Waals surface area contributed by atoms with Crippen molar-refractivity contribution in [3.8, 4) is 0 Å². The lowest BCUT2D eigenvalue weighted by molar-refractivity contribution is 0.361. The summed E-state index contributed by atoms with van der Waals surface area (Å²) in [5.74, 6) is 0. The maximum atomic E-state index is 12.4. The molecule has 0 aliphatic heterocycles. The maximum absolute atomic E-state index is 12.4. The highest BCUT2D eigenvalue weighted by molar-refractivity contribution is 7.89. The van der Waals surface area contributed by atoms with Gasteiger partial charge in [-0.05, 0) is 32.3 Å². The molecule has 1 aromatic heterocycles. The third-order valence-electron chi connectivity index (χ3n) is 3.25. The van der Waals surface area contributed by atoms with Gasteiger partial charge in [-0.3, -0.25) is 4.79 Å². The topological polar surface area (TPSA) is 129 Å². The monoisotopic (exact) mass is 408 g/mol. The van der Waals surface area contributed by atoms with E-state index in [1.165, 1.54) is 0 Å². The van der Waals surface area contributed by atoms with Gasteiger partial charge in [0.2, 0.25) is 10.0 Å². The van der Waals surface area contributed by atoms with Gasteiger partial charge in [0.15, 0.2) is 0 Å². The Morgan fingerprint density at radius 1 is 1.36 bits per heavy atom. The van der Waals surface area contributed by atoms with Crippen LogP contribution >= 0.6 is 19.3 Å². The molecule has 25 heavy (non-hydrogen) atoms. The van der Waals surface area contributed by atoms with Gasteiger partial charge in [-0.2, -0.15) is 0 Å². The normalized spacial score (nSPS) is 12.9. The largest absolute Gasteiger partial charge is 0.437 e. The van der Waals surface area contributed by atoms with Crippen molar-refractivity contribution in [2.45, 2.75) is 4.90 Å². The molecule has 2 rings (SSSR count). The number of likely N-dealkylation sites (N-methyl/N-ethyl adjacent to an activating group) is 1. The Morgan fingerprint density at radius 2 is 2.00 bits per heavy atom. The summed E-state index contributed by atoms with van der Waals surface area (Å²) < 4.78 is 38.9. The zero-order valence-corrected chi connectivity index (χ0v) is 15.8. The van der Waals surface area contributed by atoms with E-state index in [9.17, 15) is 27.6 Å². The fraction of sp³-hybridized carbons (Fsp3) is 0.308. The van der Waals surface area contributed by atoms with E-state index >= 15 is 0 Å². The molecule has 0 fully saturated rings. The highest BCUT2D eigenvalue weighted by Gasteiger charge is 2.24. The number of nitrogens with zero attached hydrogens (tertiary/aromatic N) is 2.